The summed E-state index contributed by atoms with van der Waals surface area (Å²) in [5, 5.41) is 5.57. The fraction of sp³-hybridized carbons (Fsp3) is 0. The van der Waals surface area contributed by atoms with E-state index in [0.29, 0.717) is 11.7 Å². The summed E-state index contributed by atoms with van der Waals surface area (Å²) in [6, 6.07) is 61.1. The minimum Gasteiger partial charge on any atom is -0.436 e. The van der Waals surface area contributed by atoms with Gasteiger partial charge in [-0.2, -0.15) is 0 Å². The maximum atomic E-state index is 6.27. The van der Waals surface area contributed by atoms with E-state index in [-0.39, 0.29) is 0 Å². The Morgan fingerprint density at radius 2 is 1.04 bits per heavy atom. The molecule has 10 aromatic rings. The van der Waals surface area contributed by atoms with Gasteiger partial charge in [-0.05, 0) is 74.1 Å². The number of aromatic nitrogens is 3. The quantitative estimate of drug-likeness (QED) is 0.186. The second-order valence-corrected chi connectivity index (χ2v) is 12.8. The van der Waals surface area contributed by atoms with Crippen LogP contribution in [0.2, 0.25) is 0 Å². The van der Waals surface area contributed by atoms with Crippen LogP contribution >= 0.6 is 0 Å². The number of oxazole rings is 1. The fourth-order valence-electron chi connectivity index (χ4n) is 7.33. The van der Waals surface area contributed by atoms with Crippen LogP contribution in [0.15, 0.2) is 180 Å². The highest BCUT2D eigenvalue weighted by atomic mass is 16.3. The molecule has 0 aliphatic carbocycles. The van der Waals surface area contributed by atoms with Gasteiger partial charge < -0.3 is 4.42 Å². The van der Waals surface area contributed by atoms with Crippen molar-refractivity contribution in [2.24, 2.45) is 0 Å². The van der Waals surface area contributed by atoms with E-state index < -0.39 is 0 Å². The molecule has 4 heteroatoms. The molecule has 0 amide bonds. The largest absolute Gasteiger partial charge is 0.436 e. The Kier molecular flexibility index (Phi) is 6.78. The van der Waals surface area contributed by atoms with Gasteiger partial charge in [0, 0.05) is 22.1 Å². The molecule has 10 rings (SSSR count). The van der Waals surface area contributed by atoms with E-state index in [0.717, 1.165) is 77.4 Å². The predicted octanol–water partition coefficient (Wildman–Crippen LogP) is 12.4. The Hall–Kier alpha value is -6.91. The standard InChI is InChI=1S/C47H29N3O/c1-2-14-32(15-3-1)45-39-20-8-9-22-41(39)48-46(50-45)37-19-7-6-18-36(37)44-34-17-5-4-13-30(34)27-28-35(44)33-26-25-31-16-12-21-38(40(31)29-33)47-49-42-23-10-11-24-43(42)51-47/h1-29H. The van der Waals surface area contributed by atoms with Gasteiger partial charge >= 0.3 is 0 Å². The highest BCUT2D eigenvalue weighted by Gasteiger charge is 2.20. The van der Waals surface area contributed by atoms with E-state index >= 15 is 0 Å². The van der Waals surface area contributed by atoms with Crippen molar-refractivity contribution in [2.45, 2.75) is 0 Å². The van der Waals surface area contributed by atoms with E-state index in [1.54, 1.807) is 0 Å². The van der Waals surface area contributed by atoms with Crippen LogP contribution < -0.4 is 0 Å². The highest BCUT2D eigenvalue weighted by Crippen LogP contribution is 2.44. The SMILES string of the molecule is c1ccc(-c2nc(-c3ccccc3-c3c(-c4ccc5cccc(-c6nc7ccccc7o6)c5c4)ccc4ccccc34)nc3ccccc23)cc1. The third-order valence-electron chi connectivity index (χ3n) is 9.73. The van der Waals surface area contributed by atoms with E-state index in [1.807, 2.05) is 42.5 Å². The van der Waals surface area contributed by atoms with Gasteiger partial charge in [0.25, 0.3) is 0 Å². The molecule has 4 nitrogen and oxygen atoms in total. The van der Waals surface area contributed by atoms with Crippen molar-refractivity contribution < 1.29 is 4.42 Å². The molecule has 0 unspecified atom stereocenters. The lowest BCUT2D eigenvalue weighted by Crippen LogP contribution is -1.98. The fourth-order valence-corrected chi connectivity index (χ4v) is 7.33. The Morgan fingerprint density at radius 3 is 1.92 bits per heavy atom. The predicted molar refractivity (Wildman–Crippen MR) is 209 cm³/mol. The molecular weight excluding hydrogens is 623 g/mol. The van der Waals surface area contributed by atoms with Gasteiger partial charge in [0.2, 0.25) is 5.89 Å². The second kappa shape index (κ2) is 11.9. The van der Waals surface area contributed by atoms with E-state index in [1.165, 1.54) is 10.8 Å². The highest BCUT2D eigenvalue weighted by molar-refractivity contribution is 6.08. The molecule has 0 spiro atoms. The first-order valence-corrected chi connectivity index (χ1v) is 17.1. The molecule has 0 fully saturated rings. The van der Waals surface area contributed by atoms with E-state index in [4.69, 9.17) is 19.4 Å². The zero-order valence-electron chi connectivity index (χ0n) is 27.5. The van der Waals surface area contributed by atoms with Crippen LogP contribution in [-0.2, 0) is 0 Å². The first-order valence-electron chi connectivity index (χ1n) is 17.1. The maximum Gasteiger partial charge on any atom is 0.227 e. The minimum absolute atomic E-state index is 0.616. The smallest absolute Gasteiger partial charge is 0.227 e. The Morgan fingerprint density at radius 1 is 0.373 bits per heavy atom. The number of hydrogen-bond acceptors (Lipinski definition) is 4. The van der Waals surface area contributed by atoms with Crippen LogP contribution in [-0.4, -0.2) is 15.0 Å². The Labute approximate surface area is 294 Å². The summed E-state index contributed by atoms with van der Waals surface area (Å²) >= 11 is 0. The average Bonchev–Trinajstić information content (AvgIpc) is 3.64. The Bertz CT molecular complexity index is 2890. The molecule has 0 saturated heterocycles. The molecule has 0 radical (unpaired) electrons. The second-order valence-electron chi connectivity index (χ2n) is 12.8. The maximum absolute atomic E-state index is 6.27. The van der Waals surface area contributed by atoms with Gasteiger partial charge in [-0.3, -0.25) is 0 Å². The molecule has 0 atom stereocenters. The molecular formula is C47H29N3O. The van der Waals surface area contributed by atoms with Crippen molar-refractivity contribution in [1.82, 2.24) is 15.0 Å². The average molecular weight is 652 g/mol. The number of hydrogen-bond donors (Lipinski definition) is 0. The first kappa shape index (κ1) is 29.0. The third-order valence-corrected chi connectivity index (χ3v) is 9.73. The number of nitrogens with zero attached hydrogens (tertiary/aromatic N) is 3. The summed E-state index contributed by atoms with van der Waals surface area (Å²) in [5.41, 5.74) is 10.9. The summed E-state index contributed by atoms with van der Waals surface area (Å²) in [6.45, 7) is 0. The minimum atomic E-state index is 0.616. The van der Waals surface area contributed by atoms with Crippen molar-refractivity contribution in [2.75, 3.05) is 0 Å². The lowest BCUT2D eigenvalue weighted by atomic mass is 9.86. The van der Waals surface area contributed by atoms with Crippen molar-refractivity contribution in [3.8, 4) is 56.4 Å². The summed E-state index contributed by atoms with van der Waals surface area (Å²) in [5.74, 6) is 1.31. The van der Waals surface area contributed by atoms with Crippen molar-refractivity contribution in [3.63, 3.8) is 0 Å². The molecule has 0 saturated carbocycles. The third kappa shape index (κ3) is 4.96. The summed E-state index contributed by atoms with van der Waals surface area (Å²) in [6.07, 6.45) is 0. The lowest BCUT2D eigenvalue weighted by molar-refractivity contribution is 0.620. The summed E-state index contributed by atoms with van der Waals surface area (Å²) in [4.78, 5) is 15.3. The van der Waals surface area contributed by atoms with Crippen LogP contribution in [0, 0.1) is 0 Å². The topological polar surface area (TPSA) is 51.8 Å². The molecule has 0 bridgehead atoms. The first-order chi connectivity index (χ1) is 25.3. The Balaban J connectivity index is 1.21. The molecule has 8 aromatic carbocycles. The molecule has 2 heterocycles. The molecule has 0 aliphatic heterocycles. The van der Waals surface area contributed by atoms with Gasteiger partial charge in [-0.15, -0.1) is 0 Å². The number of benzene rings is 8. The number of fused-ring (bicyclic) bond motifs is 4. The van der Waals surface area contributed by atoms with E-state index in [9.17, 15) is 0 Å². The summed E-state index contributed by atoms with van der Waals surface area (Å²) < 4.78 is 6.27. The van der Waals surface area contributed by atoms with Gasteiger partial charge in [0.1, 0.15) is 5.52 Å². The number of rotatable bonds is 5. The zero-order valence-corrected chi connectivity index (χ0v) is 27.5. The molecule has 0 aliphatic rings. The summed E-state index contributed by atoms with van der Waals surface area (Å²) in [7, 11) is 0. The van der Waals surface area contributed by atoms with Gasteiger partial charge in [0.05, 0.1) is 11.2 Å². The molecule has 51 heavy (non-hydrogen) atoms. The van der Waals surface area contributed by atoms with Crippen LogP contribution in [0.25, 0.3) is 99.9 Å². The monoisotopic (exact) mass is 651 g/mol. The van der Waals surface area contributed by atoms with Crippen LogP contribution in [0.1, 0.15) is 0 Å². The van der Waals surface area contributed by atoms with Gasteiger partial charge in [0.15, 0.2) is 11.4 Å². The van der Waals surface area contributed by atoms with Crippen LogP contribution in [0.3, 0.4) is 0 Å². The lowest BCUT2D eigenvalue weighted by Gasteiger charge is -2.18. The van der Waals surface area contributed by atoms with Crippen molar-refractivity contribution >= 4 is 43.5 Å². The number of para-hydroxylation sites is 3. The van der Waals surface area contributed by atoms with Gasteiger partial charge in [-0.1, -0.05) is 146 Å². The van der Waals surface area contributed by atoms with Crippen molar-refractivity contribution in [1.29, 1.82) is 0 Å². The molecule has 2 aromatic heterocycles. The zero-order chi connectivity index (χ0) is 33.7. The van der Waals surface area contributed by atoms with Gasteiger partial charge in [-0.25, -0.2) is 15.0 Å². The van der Waals surface area contributed by atoms with E-state index in [2.05, 4.69) is 133 Å². The van der Waals surface area contributed by atoms with Crippen molar-refractivity contribution in [3.05, 3.63) is 176 Å². The normalized spacial score (nSPS) is 11.5. The molecule has 238 valence electrons. The molecule has 0 N–H and O–H groups in total. The van der Waals surface area contributed by atoms with Crippen LogP contribution in [0.4, 0.5) is 0 Å². The van der Waals surface area contributed by atoms with Crippen LogP contribution in [0.5, 0.6) is 0 Å².